The fourth-order valence-corrected chi connectivity index (χ4v) is 7.12. The number of hydrogen-bond acceptors (Lipinski definition) is 4. The molecule has 0 unspecified atom stereocenters. The molecule has 5 aromatic carbocycles. The molecule has 5 heteroatoms. The van der Waals surface area contributed by atoms with Gasteiger partial charge in [0.2, 0.25) is 5.69 Å². The number of fused-ring (bicyclic) bond motifs is 3. The van der Waals surface area contributed by atoms with Gasteiger partial charge in [-0.2, -0.15) is 0 Å². The maximum atomic E-state index is 6.59. The summed E-state index contributed by atoms with van der Waals surface area (Å²) in [5.74, 6) is 1.97. The normalized spacial score (nSPS) is 11.5. The largest absolute Gasteiger partial charge is 0.455 e. The minimum atomic E-state index is 0.657. The van der Waals surface area contributed by atoms with Gasteiger partial charge in [0.15, 0.2) is 23.7 Å². The van der Waals surface area contributed by atoms with Crippen LogP contribution in [0.4, 0.5) is 0 Å². The molecule has 238 valence electrons. The first-order valence-corrected chi connectivity index (χ1v) is 16.7. The van der Waals surface area contributed by atoms with E-state index >= 15 is 0 Å². The lowest BCUT2D eigenvalue weighted by Crippen LogP contribution is -2.31. The third-order valence-corrected chi connectivity index (χ3v) is 9.49. The van der Waals surface area contributed by atoms with Crippen molar-refractivity contribution < 1.29 is 8.98 Å². The second kappa shape index (κ2) is 11.9. The molecule has 0 aliphatic rings. The van der Waals surface area contributed by atoms with E-state index in [1.165, 1.54) is 27.8 Å². The van der Waals surface area contributed by atoms with Crippen molar-refractivity contribution in [3.05, 3.63) is 143 Å². The topological polar surface area (TPSA) is 55.7 Å². The number of rotatable bonds is 5. The van der Waals surface area contributed by atoms with Crippen LogP contribution >= 0.6 is 0 Å². The van der Waals surface area contributed by atoms with E-state index in [2.05, 4.69) is 101 Å². The average Bonchev–Trinajstić information content (AvgIpc) is 3.47. The molecule has 0 bridgehead atoms. The number of aryl methyl sites for hydroxylation is 6. The van der Waals surface area contributed by atoms with Gasteiger partial charge in [0, 0.05) is 39.1 Å². The predicted molar refractivity (Wildman–Crippen MR) is 199 cm³/mol. The lowest BCUT2D eigenvalue weighted by Gasteiger charge is -2.16. The van der Waals surface area contributed by atoms with Crippen LogP contribution in [-0.4, -0.2) is 15.0 Å². The van der Waals surface area contributed by atoms with Crippen molar-refractivity contribution in [2.45, 2.75) is 34.6 Å². The molecule has 3 aromatic heterocycles. The highest BCUT2D eigenvalue weighted by molar-refractivity contribution is 6.10. The fraction of sp³-hybridized carbons (Fsp3) is 0.136. The highest BCUT2D eigenvalue weighted by Gasteiger charge is 2.24. The average molecular weight is 638 g/mol. The van der Waals surface area contributed by atoms with Crippen molar-refractivity contribution in [1.29, 1.82) is 0 Å². The monoisotopic (exact) mass is 637 g/mol. The number of furan rings is 1. The van der Waals surface area contributed by atoms with Crippen molar-refractivity contribution in [3.8, 4) is 56.5 Å². The molecule has 3 heterocycles. The Balaban J connectivity index is 1.28. The molecule has 0 saturated heterocycles. The molecule has 0 saturated carbocycles. The molecular formula is C44H37N4O+. The molecule has 0 atom stereocenters. The molecule has 0 N–H and O–H groups in total. The van der Waals surface area contributed by atoms with E-state index in [-0.39, 0.29) is 0 Å². The van der Waals surface area contributed by atoms with Gasteiger partial charge in [-0.25, -0.2) is 19.5 Å². The molecule has 8 aromatic rings. The van der Waals surface area contributed by atoms with Crippen molar-refractivity contribution in [1.82, 2.24) is 15.0 Å². The van der Waals surface area contributed by atoms with Crippen molar-refractivity contribution in [2.24, 2.45) is 7.05 Å². The third kappa shape index (κ3) is 5.38. The third-order valence-electron chi connectivity index (χ3n) is 9.49. The van der Waals surface area contributed by atoms with Gasteiger partial charge in [-0.15, -0.1) is 0 Å². The Labute approximate surface area is 286 Å². The molecule has 0 aliphatic carbocycles. The van der Waals surface area contributed by atoms with Gasteiger partial charge < -0.3 is 4.42 Å². The van der Waals surface area contributed by atoms with Crippen molar-refractivity contribution in [3.63, 3.8) is 0 Å². The van der Waals surface area contributed by atoms with E-state index in [1.54, 1.807) is 0 Å². The highest BCUT2D eigenvalue weighted by atomic mass is 16.3. The number of nitrogens with zero attached hydrogens (tertiary/aromatic N) is 4. The zero-order chi connectivity index (χ0) is 33.8. The fourth-order valence-electron chi connectivity index (χ4n) is 7.12. The lowest BCUT2D eigenvalue weighted by atomic mass is 9.90. The summed E-state index contributed by atoms with van der Waals surface area (Å²) >= 11 is 0. The minimum Gasteiger partial charge on any atom is -0.455 e. The second-order valence-electron chi connectivity index (χ2n) is 13.1. The van der Waals surface area contributed by atoms with Crippen LogP contribution in [0.15, 0.2) is 120 Å². The molecule has 0 aliphatic heterocycles. The van der Waals surface area contributed by atoms with Crippen molar-refractivity contribution >= 4 is 21.9 Å². The second-order valence-corrected chi connectivity index (χ2v) is 13.1. The number of aromatic nitrogens is 4. The SMILES string of the molecule is Cc1ccc2c(c1)oc1c(-c3cc(-c4c(C)cc(-c5nc(-c6ccccc6)nc(-c6ccccc6)n5)cc4C)c(C)c[n+]3C)c(C)ccc12. The molecule has 8 rings (SSSR count). The molecular weight excluding hydrogens is 601 g/mol. The van der Waals surface area contributed by atoms with E-state index < -0.39 is 0 Å². The van der Waals surface area contributed by atoms with Crippen LogP contribution in [0.25, 0.3) is 78.5 Å². The quantitative estimate of drug-likeness (QED) is 0.176. The predicted octanol–water partition coefficient (Wildman–Crippen LogP) is 10.5. The van der Waals surface area contributed by atoms with Gasteiger partial charge in [-0.3, -0.25) is 0 Å². The van der Waals surface area contributed by atoms with Crippen LogP contribution in [0.3, 0.4) is 0 Å². The van der Waals surface area contributed by atoms with Crippen LogP contribution in [-0.2, 0) is 7.05 Å². The summed E-state index contributed by atoms with van der Waals surface area (Å²) in [7, 11) is 2.12. The van der Waals surface area contributed by atoms with Crippen LogP contribution in [0.1, 0.15) is 27.8 Å². The van der Waals surface area contributed by atoms with E-state index in [9.17, 15) is 0 Å². The van der Waals surface area contributed by atoms with Crippen LogP contribution in [0.2, 0.25) is 0 Å². The van der Waals surface area contributed by atoms with Gasteiger partial charge >= 0.3 is 0 Å². The summed E-state index contributed by atoms with van der Waals surface area (Å²) in [4.78, 5) is 14.9. The molecule has 0 fully saturated rings. The number of benzene rings is 5. The summed E-state index contributed by atoms with van der Waals surface area (Å²) in [5, 5.41) is 2.28. The zero-order valence-corrected chi connectivity index (χ0v) is 28.7. The van der Waals surface area contributed by atoms with Gasteiger partial charge in [0.05, 0.1) is 5.56 Å². The van der Waals surface area contributed by atoms with E-state index in [0.29, 0.717) is 17.5 Å². The van der Waals surface area contributed by atoms with Gasteiger partial charge in [0.1, 0.15) is 18.2 Å². The minimum absolute atomic E-state index is 0.657. The van der Waals surface area contributed by atoms with Gasteiger partial charge in [-0.1, -0.05) is 84.9 Å². The Kier molecular flexibility index (Phi) is 7.41. The summed E-state index contributed by atoms with van der Waals surface area (Å²) in [6.07, 6.45) is 2.23. The highest BCUT2D eigenvalue weighted by Crippen LogP contribution is 2.40. The van der Waals surface area contributed by atoms with Gasteiger partial charge in [0.25, 0.3) is 0 Å². The summed E-state index contributed by atoms with van der Waals surface area (Å²) < 4.78 is 8.81. The van der Waals surface area contributed by atoms with Crippen LogP contribution < -0.4 is 4.57 Å². The first kappa shape index (κ1) is 30.4. The van der Waals surface area contributed by atoms with E-state index in [1.807, 2.05) is 60.7 Å². The van der Waals surface area contributed by atoms with Gasteiger partial charge in [-0.05, 0) is 86.2 Å². The molecule has 0 radical (unpaired) electrons. The molecule has 0 amide bonds. The summed E-state index contributed by atoms with van der Waals surface area (Å²) in [6.45, 7) is 10.8. The summed E-state index contributed by atoms with van der Waals surface area (Å²) in [5.41, 5.74) is 15.3. The zero-order valence-electron chi connectivity index (χ0n) is 28.7. The molecule has 5 nitrogen and oxygen atoms in total. The smallest absolute Gasteiger partial charge is 0.216 e. The Bertz CT molecular complexity index is 2470. The summed E-state index contributed by atoms with van der Waals surface area (Å²) in [6, 6.07) is 37.8. The van der Waals surface area contributed by atoms with Crippen molar-refractivity contribution in [2.75, 3.05) is 0 Å². The van der Waals surface area contributed by atoms with Crippen LogP contribution in [0.5, 0.6) is 0 Å². The Morgan fingerprint density at radius 1 is 0.510 bits per heavy atom. The first-order chi connectivity index (χ1) is 23.7. The van der Waals surface area contributed by atoms with Crippen LogP contribution in [0, 0.1) is 34.6 Å². The molecule has 49 heavy (non-hydrogen) atoms. The number of pyridine rings is 1. The maximum Gasteiger partial charge on any atom is 0.216 e. The first-order valence-electron chi connectivity index (χ1n) is 16.7. The van der Waals surface area contributed by atoms with E-state index in [4.69, 9.17) is 19.4 Å². The Morgan fingerprint density at radius 3 is 1.69 bits per heavy atom. The maximum absolute atomic E-state index is 6.59. The Morgan fingerprint density at radius 2 is 1.08 bits per heavy atom. The lowest BCUT2D eigenvalue weighted by molar-refractivity contribution is -0.660. The van der Waals surface area contributed by atoms with E-state index in [0.717, 1.165) is 61.0 Å². The number of hydrogen-bond donors (Lipinski definition) is 0. The Hall–Kier alpha value is -5.94. The standard InChI is InChI=1S/C44H37N4O/c1-26-17-19-34-35-20-18-27(2)40(41(35)49-38(34)21-26)37-24-36(30(5)25-48(37)6)39-28(3)22-33(23-29(39)4)44-46-42(31-13-9-7-10-14-31)45-43(47-44)32-15-11-8-12-16-32/h7-25H,1-6H3/q+1. The molecule has 0 spiro atoms.